The van der Waals surface area contributed by atoms with Crippen LogP contribution in [0, 0.1) is 5.92 Å². The van der Waals surface area contributed by atoms with Gasteiger partial charge in [0.05, 0.1) is 5.71 Å². The molecule has 3 N–H and O–H groups in total. The van der Waals surface area contributed by atoms with E-state index in [0.29, 0.717) is 19.1 Å². The van der Waals surface area contributed by atoms with E-state index in [1.54, 1.807) is 0 Å². The van der Waals surface area contributed by atoms with Gasteiger partial charge in [0.1, 0.15) is 6.61 Å². The molecule has 1 aliphatic rings. The van der Waals surface area contributed by atoms with Crippen LogP contribution in [0.4, 0.5) is 0 Å². The van der Waals surface area contributed by atoms with Gasteiger partial charge in [-0.3, -0.25) is 0 Å². The summed E-state index contributed by atoms with van der Waals surface area (Å²) in [6, 6.07) is 0. The molecule has 0 aromatic heterocycles. The summed E-state index contributed by atoms with van der Waals surface area (Å²) in [6.07, 6.45) is 0. The Labute approximate surface area is 91.1 Å². The van der Waals surface area contributed by atoms with E-state index in [0.717, 1.165) is 18.8 Å². The fourth-order valence-corrected chi connectivity index (χ4v) is 1.11. The van der Waals surface area contributed by atoms with Crippen molar-refractivity contribution < 1.29 is 4.84 Å². The maximum atomic E-state index is 5.52. The minimum Gasteiger partial charge on any atom is -0.396 e. The molecule has 0 aromatic rings. The Balaban J connectivity index is 0. The van der Waals surface area contributed by atoms with E-state index in [-0.39, 0.29) is 24.8 Å². The first-order valence-corrected chi connectivity index (χ1v) is 3.98. The minimum absolute atomic E-state index is 0. The molecule has 0 bridgehead atoms. The van der Waals surface area contributed by atoms with Crippen LogP contribution >= 0.6 is 24.8 Å². The van der Waals surface area contributed by atoms with Gasteiger partial charge in [0.15, 0.2) is 0 Å². The molecule has 0 radical (unpaired) electrons. The first-order valence-electron chi connectivity index (χ1n) is 3.98. The van der Waals surface area contributed by atoms with Crippen molar-refractivity contribution in [1.29, 1.82) is 0 Å². The molecular formula is C7H17Cl2N3O. The molecular weight excluding hydrogens is 213 g/mol. The zero-order valence-electron chi connectivity index (χ0n) is 7.66. The summed E-state index contributed by atoms with van der Waals surface area (Å²) < 4.78 is 0. The Morgan fingerprint density at radius 3 is 2.85 bits per heavy atom. The van der Waals surface area contributed by atoms with Crippen LogP contribution in [0.15, 0.2) is 5.16 Å². The third-order valence-corrected chi connectivity index (χ3v) is 1.76. The van der Waals surface area contributed by atoms with Gasteiger partial charge in [0, 0.05) is 25.6 Å². The van der Waals surface area contributed by atoms with Gasteiger partial charge in [0.2, 0.25) is 0 Å². The molecule has 4 nitrogen and oxygen atoms in total. The lowest BCUT2D eigenvalue weighted by molar-refractivity contribution is 0.157. The van der Waals surface area contributed by atoms with E-state index in [1.165, 1.54) is 0 Å². The molecule has 0 saturated carbocycles. The van der Waals surface area contributed by atoms with Crippen molar-refractivity contribution in [2.45, 2.75) is 6.92 Å². The van der Waals surface area contributed by atoms with Gasteiger partial charge >= 0.3 is 0 Å². The molecule has 6 heteroatoms. The van der Waals surface area contributed by atoms with Crippen molar-refractivity contribution in [3.8, 4) is 0 Å². The van der Waals surface area contributed by atoms with Crippen molar-refractivity contribution >= 4 is 30.5 Å². The summed E-state index contributed by atoms with van der Waals surface area (Å²) >= 11 is 0. The molecule has 1 rings (SSSR count). The largest absolute Gasteiger partial charge is 0.396 e. The second-order valence-electron chi connectivity index (χ2n) is 2.56. The molecule has 0 aromatic carbocycles. The van der Waals surface area contributed by atoms with Gasteiger partial charge < -0.3 is 15.9 Å². The van der Waals surface area contributed by atoms with Crippen LogP contribution in [0.3, 0.4) is 0 Å². The Bertz CT molecular complexity index is 155. The number of nitrogens with zero attached hydrogens (tertiary/aromatic N) is 1. The predicted octanol–water partition coefficient (Wildman–Crippen LogP) is 0.401. The Morgan fingerprint density at radius 1 is 1.62 bits per heavy atom. The van der Waals surface area contributed by atoms with E-state index in [9.17, 15) is 0 Å². The number of hydrogen-bond donors (Lipinski definition) is 2. The molecule has 1 unspecified atom stereocenters. The van der Waals surface area contributed by atoms with E-state index in [4.69, 9.17) is 10.6 Å². The molecule has 0 aliphatic carbocycles. The third kappa shape index (κ3) is 4.67. The number of oxime groups is 1. The predicted molar refractivity (Wildman–Crippen MR) is 59.0 cm³/mol. The van der Waals surface area contributed by atoms with Crippen LogP contribution in [-0.4, -0.2) is 32.0 Å². The fraction of sp³-hybridized carbons (Fsp3) is 0.857. The topological polar surface area (TPSA) is 59.6 Å². The van der Waals surface area contributed by atoms with Crippen LogP contribution in [0.1, 0.15) is 6.92 Å². The number of nitrogens with one attached hydrogen (secondary N) is 1. The van der Waals surface area contributed by atoms with E-state index in [1.807, 2.05) is 6.92 Å². The van der Waals surface area contributed by atoms with Gasteiger partial charge in [-0.15, -0.1) is 24.8 Å². The van der Waals surface area contributed by atoms with Crippen molar-refractivity contribution in [2.75, 3.05) is 26.2 Å². The summed E-state index contributed by atoms with van der Waals surface area (Å²) in [7, 11) is 0. The van der Waals surface area contributed by atoms with Crippen molar-refractivity contribution in [3.05, 3.63) is 0 Å². The van der Waals surface area contributed by atoms with Crippen LogP contribution in [0.25, 0.3) is 0 Å². The molecule has 0 amide bonds. The molecule has 1 heterocycles. The second kappa shape index (κ2) is 8.56. The van der Waals surface area contributed by atoms with Crippen LogP contribution < -0.4 is 11.1 Å². The third-order valence-electron chi connectivity index (χ3n) is 1.76. The summed E-state index contributed by atoms with van der Waals surface area (Å²) in [5, 5.41) is 7.16. The molecule has 80 valence electrons. The van der Waals surface area contributed by atoms with Gasteiger partial charge in [-0.05, 0) is 6.92 Å². The SMILES string of the molecule is CCON=C1CNCC1CN.Cl.Cl. The highest BCUT2D eigenvalue weighted by atomic mass is 35.5. The lowest BCUT2D eigenvalue weighted by Gasteiger charge is -2.04. The molecule has 1 atom stereocenters. The fourth-order valence-electron chi connectivity index (χ4n) is 1.11. The average Bonchev–Trinajstić information content (AvgIpc) is 2.47. The highest BCUT2D eigenvalue weighted by molar-refractivity contribution is 5.90. The van der Waals surface area contributed by atoms with Gasteiger partial charge in [-0.25, -0.2) is 0 Å². The van der Waals surface area contributed by atoms with Crippen LogP contribution in [0.5, 0.6) is 0 Å². The quantitative estimate of drug-likeness (QED) is 0.690. The summed E-state index contributed by atoms with van der Waals surface area (Å²) in [5.74, 6) is 0.376. The van der Waals surface area contributed by atoms with Crippen LogP contribution in [0.2, 0.25) is 0 Å². The minimum atomic E-state index is 0. The lowest BCUT2D eigenvalue weighted by atomic mass is 10.1. The number of halogens is 2. The highest BCUT2D eigenvalue weighted by Gasteiger charge is 2.20. The summed E-state index contributed by atoms with van der Waals surface area (Å²) in [6.45, 7) is 4.95. The number of nitrogens with two attached hydrogens (primary N) is 1. The smallest absolute Gasteiger partial charge is 0.114 e. The van der Waals surface area contributed by atoms with Gasteiger partial charge in [-0.1, -0.05) is 5.16 Å². The van der Waals surface area contributed by atoms with E-state index in [2.05, 4.69) is 10.5 Å². The molecule has 0 spiro atoms. The van der Waals surface area contributed by atoms with E-state index >= 15 is 0 Å². The van der Waals surface area contributed by atoms with E-state index < -0.39 is 0 Å². The van der Waals surface area contributed by atoms with Gasteiger partial charge in [0.25, 0.3) is 0 Å². The average molecular weight is 230 g/mol. The zero-order chi connectivity index (χ0) is 8.10. The number of rotatable bonds is 3. The molecule has 1 fully saturated rings. The maximum absolute atomic E-state index is 5.52. The first kappa shape index (κ1) is 15.4. The molecule has 1 aliphatic heterocycles. The summed E-state index contributed by atoms with van der Waals surface area (Å²) in [5.41, 5.74) is 6.57. The zero-order valence-corrected chi connectivity index (χ0v) is 9.29. The first-order chi connectivity index (χ1) is 5.38. The second-order valence-corrected chi connectivity index (χ2v) is 2.56. The summed E-state index contributed by atoms with van der Waals surface area (Å²) in [4.78, 5) is 4.94. The highest BCUT2D eigenvalue weighted by Crippen LogP contribution is 2.03. The monoisotopic (exact) mass is 229 g/mol. The lowest BCUT2D eigenvalue weighted by Crippen LogP contribution is -2.22. The van der Waals surface area contributed by atoms with Crippen molar-refractivity contribution in [1.82, 2.24) is 5.32 Å². The molecule has 1 saturated heterocycles. The Hall–Kier alpha value is -0.0300. The Kier molecular flexibility index (Phi) is 10.2. The van der Waals surface area contributed by atoms with Crippen molar-refractivity contribution in [2.24, 2.45) is 16.8 Å². The van der Waals surface area contributed by atoms with Crippen molar-refractivity contribution in [3.63, 3.8) is 0 Å². The number of hydrogen-bond acceptors (Lipinski definition) is 4. The molecule has 13 heavy (non-hydrogen) atoms. The van der Waals surface area contributed by atoms with Crippen LogP contribution in [-0.2, 0) is 4.84 Å². The Morgan fingerprint density at radius 2 is 2.31 bits per heavy atom. The normalized spacial score (nSPS) is 23.5. The maximum Gasteiger partial charge on any atom is 0.114 e. The standard InChI is InChI=1S/C7H15N3O.2ClH/c1-2-11-10-7-5-9-4-6(7)3-8;;/h6,9H,2-5,8H2,1H3;2*1H. The van der Waals surface area contributed by atoms with Gasteiger partial charge in [-0.2, -0.15) is 0 Å².